The Kier molecular flexibility index (Phi) is 65.5. The first kappa shape index (κ1) is 92.1. The number of ether oxygens (including phenoxy) is 4. The second-order valence-electron chi connectivity index (χ2n) is 27.5. The number of phosphoric ester groups is 2. The Labute approximate surface area is 575 Å². The molecule has 558 valence electrons. The van der Waals surface area contributed by atoms with E-state index in [2.05, 4.69) is 41.5 Å². The fraction of sp³-hybridized carbons (Fsp3) is 0.947. The third-order valence-electron chi connectivity index (χ3n) is 18.2. The number of hydrogen-bond acceptors (Lipinski definition) is 15. The summed E-state index contributed by atoms with van der Waals surface area (Å²) in [7, 11) is -9.91. The molecule has 0 aliphatic rings. The summed E-state index contributed by atoms with van der Waals surface area (Å²) in [6, 6.07) is 0. The van der Waals surface area contributed by atoms with Crippen LogP contribution in [0.4, 0.5) is 0 Å². The summed E-state index contributed by atoms with van der Waals surface area (Å²) in [4.78, 5) is 72.7. The number of hydrogen-bond donors (Lipinski definition) is 3. The van der Waals surface area contributed by atoms with Crippen molar-refractivity contribution < 1.29 is 80.2 Å². The van der Waals surface area contributed by atoms with Crippen molar-refractivity contribution in [1.82, 2.24) is 0 Å². The second-order valence-corrected chi connectivity index (χ2v) is 30.4. The number of esters is 4. The van der Waals surface area contributed by atoms with Crippen LogP contribution in [-0.2, 0) is 65.4 Å². The highest BCUT2D eigenvalue weighted by molar-refractivity contribution is 7.47. The molecule has 7 atom stereocenters. The number of phosphoric acid groups is 2. The zero-order chi connectivity index (χ0) is 69.3. The van der Waals surface area contributed by atoms with Crippen LogP contribution < -0.4 is 0 Å². The van der Waals surface area contributed by atoms with Crippen molar-refractivity contribution in [3.8, 4) is 0 Å². The molecule has 0 amide bonds. The van der Waals surface area contributed by atoms with Crippen molar-refractivity contribution in [3.63, 3.8) is 0 Å². The molecule has 0 saturated carbocycles. The zero-order valence-electron chi connectivity index (χ0n) is 61.3. The molecular weight excluding hydrogens is 1230 g/mol. The Balaban J connectivity index is 5.21. The van der Waals surface area contributed by atoms with Gasteiger partial charge in [-0.25, -0.2) is 9.13 Å². The predicted molar refractivity (Wildman–Crippen MR) is 381 cm³/mol. The van der Waals surface area contributed by atoms with E-state index in [1.54, 1.807) is 0 Å². The molecule has 19 heteroatoms. The van der Waals surface area contributed by atoms with E-state index >= 15 is 0 Å². The van der Waals surface area contributed by atoms with Crippen LogP contribution in [0, 0.1) is 11.8 Å². The van der Waals surface area contributed by atoms with Gasteiger partial charge < -0.3 is 33.8 Å². The Morgan fingerprint density at radius 3 is 0.755 bits per heavy atom. The molecular formula is C75H146O17P2. The van der Waals surface area contributed by atoms with Crippen LogP contribution in [0.3, 0.4) is 0 Å². The maximum atomic E-state index is 13.1. The van der Waals surface area contributed by atoms with Crippen molar-refractivity contribution in [1.29, 1.82) is 0 Å². The summed E-state index contributed by atoms with van der Waals surface area (Å²) in [5, 5.41) is 10.6. The summed E-state index contributed by atoms with van der Waals surface area (Å²) in [5.41, 5.74) is 0. The molecule has 0 aromatic heterocycles. The van der Waals surface area contributed by atoms with Crippen LogP contribution in [0.2, 0.25) is 0 Å². The number of carbonyl (C=O) groups is 4. The van der Waals surface area contributed by atoms with Crippen LogP contribution in [0.1, 0.15) is 388 Å². The first-order valence-corrected chi connectivity index (χ1v) is 42.1. The molecule has 0 saturated heterocycles. The van der Waals surface area contributed by atoms with Gasteiger partial charge in [-0.1, -0.05) is 337 Å². The molecule has 0 aliphatic heterocycles. The minimum absolute atomic E-state index is 0.102. The molecule has 0 aliphatic carbocycles. The number of aliphatic hydroxyl groups excluding tert-OH is 1. The summed E-state index contributed by atoms with van der Waals surface area (Å²) in [6.45, 7) is 9.49. The van der Waals surface area contributed by atoms with Crippen molar-refractivity contribution >= 4 is 39.5 Å². The fourth-order valence-corrected chi connectivity index (χ4v) is 13.0. The third kappa shape index (κ3) is 66.0. The molecule has 94 heavy (non-hydrogen) atoms. The lowest BCUT2D eigenvalue weighted by Crippen LogP contribution is -2.30. The SMILES string of the molecule is CCCCCCCCCCCCCCCCCCCCCCC(=O)O[C@H](COC(=O)CCCCCCCCCCCCCCCC)COP(=O)(O)OC[C@@H](O)COP(=O)(O)OC[C@@H](COC(=O)CCCCCCCCC(C)CC)OC(=O)CCCCCCCCC(C)CC. The number of unbranched alkanes of at least 4 members (excludes halogenated alkanes) is 42. The highest BCUT2D eigenvalue weighted by atomic mass is 31.2. The first-order chi connectivity index (χ1) is 45.4. The topological polar surface area (TPSA) is 237 Å². The van der Waals surface area contributed by atoms with Crippen LogP contribution >= 0.6 is 15.6 Å². The zero-order valence-corrected chi connectivity index (χ0v) is 63.1. The van der Waals surface area contributed by atoms with Gasteiger partial charge in [-0.15, -0.1) is 0 Å². The molecule has 0 aromatic rings. The normalized spacial score (nSPS) is 14.6. The average molecular weight is 1380 g/mol. The van der Waals surface area contributed by atoms with E-state index in [1.807, 2.05) is 0 Å². The Hall–Kier alpha value is -1.94. The van der Waals surface area contributed by atoms with E-state index in [4.69, 9.17) is 37.0 Å². The van der Waals surface area contributed by atoms with Gasteiger partial charge in [0.25, 0.3) is 0 Å². The molecule has 0 heterocycles. The Morgan fingerprint density at radius 2 is 0.511 bits per heavy atom. The number of rotatable bonds is 74. The average Bonchev–Trinajstić information content (AvgIpc) is 2.48. The number of carbonyl (C=O) groups excluding carboxylic acids is 4. The molecule has 0 spiro atoms. The lowest BCUT2D eigenvalue weighted by molar-refractivity contribution is -0.161. The molecule has 0 aromatic carbocycles. The first-order valence-electron chi connectivity index (χ1n) is 39.1. The molecule has 4 unspecified atom stereocenters. The quantitative estimate of drug-likeness (QED) is 0.0222. The summed E-state index contributed by atoms with van der Waals surface area (Å²) in [5.74, 6) is -0.671. The van der Waals surface area contributed by atoms with E-state index in [1.165, 1.54) is 199 Å². The van der Waals surface area contributed by atoms with Gasteiger partial charge in [-0.05, 0) is 37.5 Å². The summed E-state index contributed by atoms with van der Waals surface area (Å²) < 4.78 is 68.4. The van der Waals surface area contributed by atoms with Crippen LogP contribution in [0.5, 0.6) is 0 Å². The van der Waals surface area contributed by atoms with Crippen molar-refractivity contribution in [3.05, 3.63) is 0 Å². The highest BCUT2D eigenvalue weighted by Gasteiger charge is 2.30. The standard InChI is InChI=1S/C75H146O17P2/c1-7-11-13-15-17-19-21-23-25-26-27-28-29-30-32-34-36-38-47-53-59-74(79)91-70(63-85-72(77)57-51-45-37-35-33-31-24-22-20-18-16-14-12-8-2)65-89-93(81,82)87-61-69(76)62-88-94(83,84)90-66-71(92-75(80)60-54-48-42-40-44-50-56-68(6)10-4)64-86-73(78)58-52-46-41-39-43-49-55-67(5)9-3/h67-71,76H,7-66H2,1-6H3,(H,81,82)(H,83,84)/t67?,68?,69-,70-,71-/m1/s1. The van der Waals surface area contributed by atoms with Gasteiger partial charge in [-0.2, -0.15) is 0 Å². The largest absolute Gasteiger partial charge is 0.472 e. The molecule has 0 bridgehead atoms. The van der Waals surface area contributed by atoms with E-state index in [-0.39, 0.29) is 25.7 Å². The van der Waals surface area contributed by atoms with E-state index in [0.29, 0.717) is 25.7 Å². The lowest BCUT2D eigenvalue weighted by Gasteiger charge is -2.21. The maximum absolute atomic E-state index is 13.1. The Morgan fingerprint density at radius 1 is 0.298 bits per heavy atom. The molecule has 0 rings (SSSR count). The number of aliphatic hydroxyl groups is 1. The van der Waals surface area contributed by atoms with E-state index in [9.17, 15) is 43.2 Å². The highest BCUT2D eigenvalue weighted by Crippen LogP contribution is 2.45. The van der Waals surface area contributed by atoms with Crippen LogP contribution in [-0.4, -0.2) is 96.7 Å². The van der Waals surface area contributed by atoms with Crippen LogP contribution in [0.25, 0.3) is 0 Å². The van der Waals surface area contributed by atoms with Gasteiger partial charge in [0, 0.05) is 25.7 Å². The van der Waals surface area contributed by atoms with E-state index < -0.39 is 97.5 Å². The molecule has 0 fully saturated rings. The molecule has 3 N–H and O–H groups in total. The summed E-state index contributed by atoms with van der Waals surface area (Å²) in [6.07, 6.45) is 54.3. The van der Waals surface area contributed by atoms with Gasteiger partial charge >= 0.3 is 39.5 Å². The van der Waals surface area contributed by atoms with E-state index in [0.717, 1.165) is 108 Å². The van der Waals surface area contributed by atoms with Gasteiger partial charge in [0.05, 0.1) is 26.4 Å². The second kappa shape index (κ2) is 66.9. The van der Waals surface area contributed by atoms with Gasteiger partial charge in [-0.3, -0.25) is 37.3 Å². The predicted octanol–water partition coefficient (Wildman–Crippen LogP) is 21.9. The Bertz CT molecular complexity index is 1820. The lowest BCUT2D eigenvalue weighted by atomic mass is 10.00. The molecule has 17 nitrogen and oxygen atoms in total. The summed E-state index contributed by atoms with van der Waals surface area (Å²) >= 11 is 0. The monoisotopic (exact) mass is 1380 g/mol. The van der Waals surface area contributed by atoms with Crippen LogP contribution in [0.15, 0.2) is 0 Å². The smallest absolute Gasteiger partial charge is 0.462 e. The van der Waals surface area contributed by atoms with Gasteiger partial charge in [0.15, 0.2) is 12.2 Å². The van der Waals surface area contributed by atoms with Crippen molar-refractivity contribution in [2.24, 2.45) is 11.8 Å². The fourth-order valence-electron chi connectivity index (χ4n) is 11.4. The minimum atomic E-state index is -4.96. The minimum Gasteiger partial charge on any atom is -0.462 e. The van der Waals surface area contributed by atoms with Crippen molar-refractivity contribution in [2.45, 2.75) is 407 Å². The van der Waals surface area contributed by atoms with Crippen molar-refractivity contribution in [2.75, 3.05) is 39.6 Å². The third-order valence-corrected chi connectivity index (χ3v) is 20.1. The maximum Gasteiger partial charge on any atom is 0.472 e. The van der Waals surface area contributed by atoms with Gasteiger partial charge in [0.1, 0.15) is 19.3 Å². The van der Waals surface area contributed by atoms with Gasteiger partial charge in [0.2, 0.25) is 0 Å². The molecule has 0 radical (unpaired) electrons.